The third kappa shape index (κ3) is 14.4. The summed E-state index contributed by atoms with van der Waals surface area (Å²) in [6, 6.07) is 24.2. The third-order valence-electron chi connectivity index (χ3n) is 11.2. The van der Waals surface area contributed by atoms with Gasteiger partial charge in [-0.05, 0) is 171 Å². The number of benzene rings is 7. The van der Waals surface area contributed by atoms with Gasteiger partial charge in [0.25, 0.3) is 40.5 Å². The first kappa shape index (κ1) is 56.6. The monoisotopic (exact) mass is 1130 g/mol. The first-order valence-electron chi connectivity index (χ1n) is 22.3. The molecule has 77 heavy (non-hydrogen) atoms. The molecule has 0 saturated carbocycles. The number of nitrogens with zero attached hydrogens (tertiary/aromatic N) is 10. The highest BCUT2D eigenvalue weighted by molar-refractivity contribution is 7.87. The molecule has 0 bridgehead atoms. The van der Waals surface area contributed by atoms with E-state index in [4.69, 9.17) is 10.5 Å². The summed E-state index contributed by atoms with van der Waals surface area (Å²) in [5.41, 5.74) is 10.8. The summed E-state index contributed by atoms with van der Waals surface area (Å²) in [5.74, 6) is -1.16. The summed E-state index contributed by atoms with van der Waals surface area (Å²) in [4.78, 5) is -2.48. The van der Waals surface area contributed by atoms with E-state index in [2.05, 4.69) is 51.1 Å². The van der Waals surface area contributed by atoms with Crippen molar-refractivity contribution in [2.24, 2.45) is 51.1 Å². The number of hydrogen-bond donors (Lipinski definition) is 6. The number of phenolic OH excluding ortho intramolecular Hbond substituents is 1. The minimum absolute atomic E-state index is 0.0125. The van der Waals surface area contributed by atoms with Crippen LogP contribution in [0.5, 0.6) is 11.5 Å². The molecule has 7 aromatic carbocycles. The fraction of sp³-hybridized carbons (Fsp3) is 0.167. The largest absolute Gasteiger partial charge is 0.505 e. The molecule has 0 aliphatic carbocycles. The van der Waals surface area contributed by atoms with Crippen molar-refractivity contribution in [2.45, 2.75) is 55.7 Å². The molecular weight excluding hydrogens is 1080 g/mol. The lowest BCUT2D eigenvalue weighted by Crippen LogP contribution is -2.08. The third-order valence-corrected chi connectivity index (χ3v) is 14.6. The number of anilines is 1. The maximum atomic E-state index is 12.6. The van der Waals surface area contributed by atoms with Crippen molar-refractivity contribution in [1.82, 2.24) is 0 Å². The van der Waals surface area contributed by atoms with Gasteiger partial charge in [-0.15, -0.1) is 15.3 Å². The Morgan fingerprint density at radius 1 is 0.455 bits per heavy atom. The molecule has 0 aliphatic heterocycles. The van der Waals surface area contributed by atoms with Gasteiger partial charge in [0.05, 0.1) is 57.1 Å². The van der Waals surface area contributed by atoms with E-state index in [1.54, 1.807) is 89.2 Å². The lowest BCUT2D eigenvalue weighted by Gasteiger charge is -2.11. The second kappa shape index (κ2) is 22.6. The van der Waals surface area contributed by atoms with Gasteiger partial charge in [-0.25, -0.2) is 0 Å². The van der Waals surface area contributed by atoms with Crippen LogP contribution < -0.4 is 10.5 Å². The van der Waals surface area contributed by atoms with E-state index in [1.165, 1.54) is 24.3 Å². The number of fused-ring (bicyclic) bond motifs is 1. The summed E-state index contributed by atoms with van der Waals surface area (Å²) in [7, 11) is -19.2. The predicted octanol–water partition coefficient (Wildman–Crippen LogP) is 13.1. The van der Waals surface area contributed by atoms with Gasteiger partial charge in [-0.1, -0.05) is 0 Å². The molecule has 0 saturated heterocycles. The van der Waals surface area contributed by atoms with E-state index in [0.717, 1.165) is 18.2 Å². The first-order chi connectivity index (χ1) is 36.0. The summed E-state index contributed by atoms with van der Waals surface area (Å²) < 4.78 is 140. The molecule has 29 heteroatoms. The Hall–Kier alpha value is -8.16. The summed E-state index contributed by atoms with van der Waals surface area (Å²) in [6.07, 6.45) is -0.135. The number of phenols is 1. The molecule has 25 nitrogen and oxygen atoms in total. The molecule has 0 fully saturated rings. The van der Waals surface area contributed by atoms with Crippen molar-refractivity contribution in [1.29, 1.82) is 0 Å². The summed E-state index contributed by atoms with van der Waals surface area (Å²) in [5, 5.41) is 54.0. The van der Waals surface area contributed by atoms with Crippen molar-refractivity contribution < 1.29 is 61.7 Å². The van der Waals surface area contributed by atoms with E-state index < -0.39 is 78.0 Å². The molecular formula is C48H45N11O14S4. The fourth-order valence-corrected chi connectivity index (χ4v) is 9.48. The van der Waals surface area contributed by atoms with Gasteiger partial charge >= 0.3 is 0 Å². The lowest BCUT2D eigenvalue weighted by atomic mass is 10.1. The van der Waals surface area contributed by atoms with E-state index in [-0.39, 0.29) is 40.9 Å². The van der Waals surface area contributed by atoms with Crippen LogP contribution in [0, 0.1) is 34.6 Å². The van der Waals surface area contributed by atoms with Crippen LogP contribution >= 0.6 is 0 Å². The zero-order valence-corrected chi connectivity index (χ0v) is 44.3. The van der Waals surface area contributed by atoms with Crippen LogP contribution in [0.4, 0.5) is 62.6 Å². The van der Waals surface area contributed by atoms with Gasteiger partial charge in [0, 0.05) is 17.1 Å². The van der Waals surface area contributed by atoms with Crippen molar-refractivity contribution in [3.8, 4) is 11.5 Å². The second-order valence-corrected chi connectivity index (χ2v) is 22.8. The Labute approximate surface area is 440 Å². The minimum atomic E-state index is -5.06. The number of azo groups is 5. The van der Waals surface area contributed by atoms with Crippen LogP contribution in [0.2, 0.25) is 0 Å². The average molecular weight is 1130 g/mol. The molecule has 0 amide bonds. The standard InChI is InChI=1S/C48H45N11O14S4/c1-26-18-40(55-58-43-21-30(5)42(25-44(43)73-15-6-16-74(61,62)63)56-52-37-14-12-35(75(64,65)66)24-45(37)76(67,68)69)27(2)17-38(26)53-54-39-19-29(4)41(20-28(39)3)57-59-47-46(77(70,71)72)23-31-22-34(11-13-36(31)48(47)60)51-50-33-9-7-32(49)8-10-33/h7-14,17-25,60H,6,15-16,49H2,1-5H3,(H,61,62,63)(H,64,65,66)(H,67,68,69)(H,70,71,72). The topological polar surface area (TPSA) is 397 Å². The molecule has 400 valence electrons. The number of rotatable bonds is 18. The highest BCUT2D eigenvalue weighted by Crippen LogP contribution is 2.44. The summed E-state index contributed by atoms with van der Waals surface area (Å²) in [6.45, 7) is 8.33. The first-order valence-corrected chi connectivity index (χ1v) is 28.2. The maximum absolute atomic E-state index is 12.6. The van der Waals surface area contributed by atoms with Gasteiger partial charge in [0.2, 0.25) is 0 Å². The number of nitrogens with two attached hydrogens (primary N) is 1. The molecule has 7 aromatic rings. The molecule has 0 atom stereocenters. The molecule has 0 heterocycles. The van der Waals surface area contributed by atoms with E-state index in [1.807, 2.05) is 0 Å². The molecule has 0 aromatic heterocycles. The lowest BCUT2D eigenvalue weighted by molar-refractivity contribution is 0.317. The van der Waals surface area contributed by atoms with Crippen LogP contribution in [-0.2, 0) is 40.5 Å². The van der Waals surface area contributed by atoms with Crippen molar-refractivity contribution in [3.05, 3.63) is 131 Å². The van der Waals surface area contributed by atoms with Crippen molar-refractivity contribution >= 4 is 114 Å². The molecule has 0 radical (unpaired) electrons. The van der Waals surface area contributed by atoms with Crippen LogP contribution in [0.3, 0.4) is 0 Å². The number of nitrogen functional groups attached to an aromatic ring is 1. The van der Waals surface area contributed by atoms with Crippen LogP contribution in [0.15, 0.2) is 169 Å². The van der Waals surface area contributed by atoms with E-state index in [0.29, 0.717) is 73.7 Å². The van der Waals surface area contributed by atoms with E-state index in [9.17, 15) is 57.0 Å². The normalized spacial score (nSPS) is 12.9. The zero-order valence-electron chi connectivity index (χ0n) is 41.0. The number of aromatic hydroxyl groups is 1. The molecule has 0 spiro atoms. The molecule has 7 N–H and O–H groups in total. The highest BCUT2D eigenvalue weighted by Gasteiger charge is 2.24. The Morgan fingerprint density at radius 3 is 1.42 bits per heavy atom. The molecule has 0 aliphatic rings. The minimum Gasteiger partial charge on any atom is -0.505 e. The molecule has 7 rings (SSSR count). The number of aryl methyl sites for hydroxylation is 5. The number of ether oxygens (including phenoxy) is 1. The van der Waals surface area contributed by atoms with Crippen LogP contribution in [0.25, 0.3) is 10.8 Å². The Bertz CT molecular complexity index is 4140. The number of hydrogen-bond acceptors (Lipinski definition) is 21. The maximum Gasteiger partial charge on any atom is 0.296 e. The fourth-order valence-electron chi connectivity index (χ4n) is 7.11. The smallest absolute Gasteiger partial charge is 0.296 e. The van der Waals surface area contributed by atoms with Crippen molar-refractivity contribution in [3.63, 3.8) is 0 Å². The Morgan fingerprint density at radius 2 is 0.909 bits per heavy atom. The Balaban J connectivity index is 1.12. The van der Waals surface area contributed by atoms with Gasteiger partial charge in [0.1, 0.15) is 32.6 Å². The molecule has 0 unspecified atom stereocenters. The Kier molecular flexibility index (Phi) is 16.6. The van der Waals surface area contributed by atoms with Crippen LogP contribution in [-0.4, -0.2) is 69.3 Å². The van der Waals surface area contributed by atoms with Gasteiger partial charge in [0.15, 0.2) is 5.75 Å². The summed E-state index contributed by atoms with van der Waals surface area (Å²) >= 11 is 0. The highest BCUT2D eigenvalue weighted by atomic mass is 32.2. The van der Waals surface area contributed by atoms with E-state index >= 15 is 0 Å². The second-order valence-electron chi connectivity index (χ2n) is 17.1. The van der Waals surface area contributed by atoms with Crippen molar-refractivity contribution in [2.75, 3.05) is 18.1 Å². The van der Waals surface area contributed by atoms with Crippen LogP contribution in [0.1, 0.15) is 34.2 Å². The van der Waals surface area contributed by atoms with Gasteiger partial charge in [-0.3, -0.25) is 18.2 Å². The van der Waals surface area contributed by atoms with Gasteiger partial charge < -0.3 is 15.6 Å². The predicted molar refractivity (Wildman–Crippen MR) is 283 cm³/mol. The average Bonchev–Trinajstić information content (AvgIpc) is 3.35. The quantitative estimate of drug-likeness (QED) is 0.0201. The SMILES string of the molecule is Cc1cc(N=Nc2cc(C)c(N=Nc3ccc(S(=O)(=O)O)cc3S(=O)(=O)O)cc2OCCCS(=O)(=O)O)c(C)cc1N=Nc1cc(C)c(N=Nc2c(S(=O)(=O)O)cc3cc(N=Nc4ccc(N)cc4)ccc3c2O)cc1C. The zero-order chi connectivity index (χ0) is 56.2. The van der Waals surface area contributed by atoms with Gasteiger partial charge in [-0.2, -0.15) is 69.5 Å².